The largest absolute Gasteiger partial charge is 0.488 e. The van der Waals surface area contributed by atoms with E-state index in [4.69, 9.17) is 9.84 Å². The molecule has 0 unspecified atom stereocenters. The molecular formula is C25H32N2O4. The summed E-state index contributed by atoms with van der Waals surface area (Å²) in [5.74, 6) is -0.152. The van der Waals surface area contributed by atoms with Gasteiger partial charge in [0.25, 0.3) is 0 Å². The highest BCUT2D eigenvalue weighted by atomic mass is 16.5. The van der Waals surface area contributed by atoms with Crippen molar-refractivity contribution in [2.24, 2.45) is 0 Å². The Hall–Kier alpha value is -2.86. The van der Waals surface area contributed by atoms with Gasteiger partial charge in [-0.3, -0.25) is 9.59 Å². The van der Waals surface area contributed by atoms with Crippen molar-refractivity contribution >= 4 is 22.6 Å². The summed E-state index contributed by atoms with van der Waals surface area (Å²) >= 11 is 0. The number of amides is 1. The first-order valence-electron chi connectivity index (χ1n) is 11.2. The summed E-state index contributed by atoms with van der Waals surface area (Å²) in [6.07, 6.45) is 6.48. The number of fused-ring (bicyclic) bond motifs is 1. The first kappa shape index (κ1) is 22.8. The first-order chi connectivity index (χ1) is 15.1. The number of unbranched alkanes of at least 4 members (excludes halogenated alkanes) is 2. The van der Waals surface area contributed by atoms with Crippen molar-refractivity contribution in [1.82, 2.24) is 10.2 Å². The Morgan fingerprint density at radius 1 is 1.06 bits per heavy atom. The maximum absolute atomic E-state index is 12.8. The number of carboxylic acids is 1. The minimum atomic E-state index is -0.789. The number of allylic oxidation sites excluding steroid dienone is 1. The number of hydrogen-bond donors (Lipinski definition) is 2. The second-order valence-electron chi connectivity index (χ2n) is 7.94. The maximum Gasteiger partial charge on any atom is 0.303 e. The molecule has 2 aromatic rings. The number of ether oxygens (including phenoxy) is 1. The van der Waals surface area contributed by atoms with Gasteiger partial charge in [-0.25, -0.2) is 0 Å². The highest BCUT2D eigenvalue weighted by Crippen LogP contribution is 2.25. The summed E-state index contributed by atoms with van der Waals surface area (Å²) in [5, 5.41) is 13.9. The van der Waals surface area contributed by atoms with E-state index in [-0.39, 0.29) is 18.9 Å². The monoisotopic (exact) mass is 424 g/mol. The molecule has 1 aliphatic rings. The number of rotatable bonds is 12. The second-order valence-corrected chi connectivity index (χ2v) is 7.94. The van der Waals surface area contributed by atoms with Gasteiger partial charge < -0.3 is 20.1 Å². The number of carboxylic acid groups (broad SMARTS) is 1. The SMILES string of the molecule is O=C(O)CCCC/C=C(\COc1cccc2ccccc12)C(=O)NCCN1CCCC1. The fraction of sp³-hybridized carbons (Fsp3) is 0.440. The molecule has 0 radical (unpaired) electrons. The number of hydrogen-bond acceptors (Lipinski definition) is 4. The van der Waals surface area contributed by atoms with Crippen LogP contribution in [0.3, 0.4) is 0 Å². The molecular weight excluding hydrogens is 392 g/mol. The summed E-state index contributed by atoms with van der Waals surface area (Å²) in [5.41, 5.74) is 0.588. The van der Waals surface area contributed by atoms with Gasteiger partial charge in [-0.2, -0.15) is 0 Å². The number of nitrogens with one attached hydrogen (secondary N) is 1. The quantitative estimate of drug-likeness (QED) is 0.398. The molecule has 0 aromatic heterocycles. The molecule has 1 fully saturated rings. The van der Waals surface area contributed by atoms with Crippen LogP contribution in [0.1, 0.15) is 38.5 Å². The number of benzene rings is 2. The van der Waals surface area contributed by atoms with Gasteiger partial charge >= 0.3 is 5.97 Å². The number of carbonyl (C=O) groups is 2. The number of carbonyl (C=O) groups excluding carboxylic acids is 1. The Balaban J connectivity index is 1.59. The molecule has 6 nitrogen and oxygen atoms in total. The van der Waals surface area contributed by atoms with Crippen molar-refractivity contribution in [1.29, 1.82) is 0 Å². The minimum absolute atomic E-state index is 0.113. The summed E-state index contributed by atoms with van der Waals surface area (Å²) in [4.78, 5) is 25.9. The summed E-state index contributed by atoms with van der Waals surface area (Å²) in [7, 11) is 0. The second kappa shape index (κ2) is 12.1. The van der Waals surface area contributed by atoms with Gasteiger partial charge in [0.15, 0.2) is 0 Å². The molecule has 3 rings (SSSR count). The molecule has 0 atom stereocenters. The van der Waals surface area contributed by atoms with Crippen LogP contribution < -0.4 is 10.1 Å². The van der Waals surface area contributed by atoms with Gasteiger partial charge in [0.05, 0.1) is 5.57 Å². The van der Waals surface area contributed by atoms with Crippen LogP contribution in [0, 0.1) is 0 Å². The van der Waals surface area contributed by atoms with E-state index in [9.17, 15) is 9.59 Å². The normalized spacial score (nSPS) is 14.6. The number of nitrogens with zero attached hydrogens (tertiary/aromatic N) is 1. The van der Waals surface area contributed by atoms with Gasteiger partial charge in [0.1, 0.15) is 12.4 Å². The zero-order chi connectivity index (χ0) is 21.9. The highest BCUT2D eigenvalue weighted by molar-refractivity contribution is 5.94. The third-order valence-corrected chi connectivity index (χ3v) is 5.57. The molecule has 0 bridgehead atoms. The zero-order valence-electron chi connectivity index (χ0n) is 18.0. The lowest BCUT2D eigenvalue weighted by Crippen LogP contribution is -2.35. The van der Waals surface area contributed by atoms with Gasteiger partial charge in [0.2, 0.25) is 5.91 Å². The molecule has 2 N–H and O–H groups in total. The van der Waals surface area contributed by atoms with Gasteiger partial charge in [-0.05, 0) is 56.6 Å². The van der Waals surface area contributed by atoms with Crippen molar-refractivity contribution < 1.29 is 19.4 Å². The van der Waals surface area contributed by atoms with E-state index in [1.165, 1.54) is 12.8 Å². The third-order valence-electron chi connectivity index (χ3n) is 5.57. The van der Waals surface area contributed by atoms with E-state index in [0.717, 1.165) is 42.6 Å². The van der Waals surface area contributed by atoms with Crippen molar-refractivity contribution in [3.63, 3.8) is 0 Å². The molecule has 0 spiro atoms. The van der Waals surface area contributed by atoms with Gasteiger partial charge in [-0.1, -0.05) is 42.5 Å². The van der Waals surface area contributed by atoms with Gasteiger partial charge in [-0.15, -0.1) is 0 Å². The Bertz CT molecular complexity index is 898. The van der Waals surface area contributed by atoms with Crippen LogP contribution in [0.5, 0.6) is 5.75 Å². The summed E-state index contributed by atoms with van der Waals surface area (Å²) < 4.78 is 6.04. The lowest BCUT2D eigenvalue weighted by atomic mass is 10.1. The van der Waals surface area contributed by atoms with Crippen LogP contribution >= 0.6 is 0 Å². The van der Waals surface area contributed by atoms with E-state index in [0.29, 0.717) is 25.0 Å². The summed E-state index contributed by atoms with van der Waals surface area (Å²) in [6, 6.07) is 13.9. The maximum atomic E-state index is 12.8. The van der Waals surface area contributed by atoms with Crippen molar-refractivity contribution in [3.05, 3.63) is 54.1 Å². The molecule has 6 heteroatoms. The molecule has 1 saturated heterocycles. The van der Waals surface area contributed by atoms with Crippen molar-refractivity contribution in [2.45, 2.75) is 38.5 Å². The molecule has 0 aliphatic carbocycles. The Kier molecular flexibility index (Phi) is 8.91. The number of likely N-dealkylation sites (tertiary alicyclic amines) is 1. The standard InChI is InChI=1S/C25H32N2O4/c28-24(29)14-3-1-2-10-21(25(30)26-15-18-27-16-6-7-17-27)19-31-23-13-8-11-20-9-4-5-12-22(20)23/h4-5,8-13H,1-3,6-7,14-19H2,(H,26,30)(H,28,29)/b21-10+. The van der Waals surface area contributed by atoms with Crippen LogP contribution in [0.25, 0.3) is 10.8 Å². The lowest BCUT2D eigenvalue weighted by molar-refractivity contribution is -0.137. The van der Waals surface area contributed by atoms with E-state index >= 15 is 0 Å². The fourth-order valence-corrected chi connectivity index (χ4v) is 3.84. The molecule has 1 aliphatic heterocycles. The van der Waals surface area contributed by atoms with Crippen LogP contribution in [0.4, 0.5) is 0 Å². The fourth-order valence-electron chi connectivity index (χ4n) is 3.84. The highest BCUT2D eigenvalue weighted by Gasteiger charge is 2.14. The van der Waals surface area contributed by atoms with E-state index in [1.807, 2.05) is 48.5 Å². The van der Waals surface area contributed by atoms with Crippen LogP contribution in [0.2, 0.25) is 0 Å². The Morgan fingerprint density at radius 2 is 1.84 bits per heavy atom. The molecule has 2 aromatic carbocycles. The predicted octanol–water partition coefficient (Wildman–Crippen LogP) is 4.00. The predicted molar refractivity (Wildman–Crippen MR) is 122 cm³/mol. The Labute approximate surface area is 183 Å². The molecule has 1 amide bonds. The molecule has 166 valence electrons. The van der Waals surface area contributed by atoms with Crippen molar-refractivity contribution in [3.8, 4) is 5.75 Å². The average Bonchev–Trinajstić information content (AvgIpc) is 3.29. The smallest absolute Gasteiger partial charge is 0.303 e. The average molecular weight is 425 g/mol. The van der Waals surface area contributed by atoms with Crippen LogP contribution in [0.15, 0.2) is 54.1 Å². The number of aliphatic carboxylic acids is 1. The van der Waals surface area contributed by atoms with Crippen LogP contribution in [-0.4, -0.2) is 54.7 Å². The van der Waals surface area contributed by atoms with E-state index in [1.54, 1.807) is 0 Å². The molecule has 0 saturated carbocycles. The Morgan fingerprint density at radius 3 is 2.65 bits per heavy atom. The van der Waals surface area contributed by atoms with Crippen molar-refractivity contribution in [2.75, 3.05) is 32.8 Å². The lowest BCUT2D eigenvalue weighted by Gasteiger charge is -2.16. The van der Waals surface area contributed by atoms with Crippen LogP contribution in [-0.2, 0) is 9.59 Å². The first-order valence-corrected chi connectivity index (χ1v) is 11.2. The van der Waals surface area contributed by atoms with Gasteiger partial charge in [0, 0.05) is 24.9 Å². The minimum Gasteiger partial charge on any atom is -0.488 e. The van der Waals surface area contributed by atoms with E-state index < -0.39 is 5.97 Å². The zero-order valence-corrected chi connectivity index (χ0v) is 18.0. The topological polar surface area (TPSA) is 78.9 Å². The molecule has 1 heterocycles. The third kappa shape index (κ3) is 7.40. The summed E-state index contributed by atoms with van der Waals surface area (Å²) in [6.45, 7) is 3.87. The molecule has 31 heavy (non-hydrogen) atoms. The van der Waals surface area contributed by atoms with E-state index in [2.05, 4.69) is 10.2 Å².